The summed E-state index contributed by atoms with van der Waals surface area (Å²) >= 11 is 0. The highest BCUT2D eigenvalue weighted by molar-refractivity contribution is 7.92. The first-order valence-electron chi connectivity index (χ1n) is 5.99. The minimum atomic E-state index is -3.78. The van der Waals surface area contributed by atoms with E-state index in [-0.39, 0.29) is 22.3 Å². The molecule has 0 bridgehead atoms. The molecule has 0 atom stereocenters. The molecule has 0 unspecified atom stereocenters. The molecule has 1 amide bonds. The summed E-state index contributed by atoms with van der Waals surface area (Å²) in [7, 11) is -2.28. The van der Waals surface area contributed by atoms with Gasteiger partial charge >= 0.3 is 0 Å². The highest BCUT2D eigenvalue weighted by Gasteiger charge is 2.15. The maximum Gasteiger partial charge on any atom is 0.263 e. The van der Waals surface area contributed by atoms with E-state index in [1.54, 1.807) is 18.2 Å². The summed E-state index contributed by atoms with van der Waals surface area (Å²) in [5.41, 5.74) is 6.06. The van der Waals surface area contributed by atoms with Gasteiger partial charge in [0.25, 0.3) is 15.9 Å². The number of rotatable bonds is 4. The predicted molar refractivity (Wildman–Crippen MR) is 79.3 cm³/mol. The van der Waals surface area contributed by atoms with Crippen molar-refractivity contribution in [2.75, 3.05) is 17.5 Å². The van der Waals surface area contributed by atoms with Gasteiger partial charge in [-0.1, -0.05) is 6.07 Å². The molecule has 0 aliphatic rings. The van der Waals surface area contributed by atoms with Crippen molar-refractivity contribution in [1.82, 2.24) is 10.3 Å². The molecular weight excluding hydrogens is 292 g/mol. The van der Waals surface area contributed by atoms with E-state index in [9.17, 15) is 13.2 Å². The van der Waals surface area contributed by atoms with Crippen LogP contribution in [0, 0.1) is 0 Å². The highest BCUT2D eigenvalue weighted by atomic mass is 32.2. The maximum absolute atomic E-state index is 12.2. The summed E-state index contributed by atoms with van der Waals surface area (Å²) in [5, 5.41) is 2.47. The van der Waals surface area contributed by atoms with Crippen LogP contribution in [0.3, 0.4) is 0 Å². The lowest BCUT2D eigenvalue weighted by molar-refractivity contribution is 0.0963. The van der Waals surface area contributed by atoms with Crippen molar-refractivity contribution in [1.29, 1.82) is 0 Å². The van der Waals surface area contributed by atoms with E-state index < -0.39 is 10.0 Å². The number of anilines is 2. The van der Waals surface area contributed by atoms with Gasteiger partial charge in [0.1, 0.15) is 10.7 Å². The van der Waals surface area contributed by atoms with Gasteiger partial charge in [-0.25, -0.2) is 13.4 Å². The van der Waals surface area contributed by atoms with E-state index in [4.69, 9.17) is 5.73 Å². The number of aromatic nitrogens is 1. The molecule has 4 N–H and O–H groups in total. The average molecular weight is 306 g/mol. The number of benzene rings is 1. The molecule has 110 valence electrons. The molecule has 2 rings (SSSR count). The summed E-state index contributed by atoms with van der Waals surface area (Å²) in [4.78, 5) is 15.3. The molecule has 1 aromatic heterocycles. The quantitative estimate of drug-likeness (QED) is 0.774. The van der Waals surface area contributed by atoms with E-state index in [0.29, 0.717) is 5.56 Å². The Hall–Kier alpha value is -2.61. The number of nitrogens with one attached hydrogen (secondary N) is 2. The summed E-state index contributed by atoms with van der Waals surface area (Å²) < 4.78 is 26.7. The van der Waals surface area contributed by atoms with Gasteiger partial charge in [0, 0.05) is 24.5 Å². The molecule has 1 aromatic carbocycles. The fourth-order valence-electron chi connectivity index (χ4n) is 1.63. The van der Waals surface area contributed by atoms with Gasteiger partial charge in [0.15, 0.2) is 0 Å². The molecular formula is C13H14N4O3S. The normalized spacial score (nSPS) is 10.9. The fourth-order valence-corrected chi connectivity index (χ4v) is 2.63. The number of hydrogen-bond donors (Lipinski definition) is 3. The van der Waals surface area contributed by atoms with E-state index in [1.807, 2.05) is 0 Å². The van der Waals surface area contributed by atoms with E-state index >= 15 is 0 Å². The van der Waals surface area contributed by atoms with Crippen LogP contribution in [0.1, 0.15) is 10.4 Å². The minimum absolute atomic E-state index is 0.0120. The molecule has 21 heavy (non-hydrogen) atoms. The van der Waals surface area contributed by atoms with Gasteiger partial charge in [0.05, 0.1) is 0 Å². The van der Waals surface area contributed by atoms with Crippen LogP contribution in [0.2, 0.25) is 0 Å². The Morgan fingerprint density at radius 1 is 1.24 bits per heavy atom. The summed E-state index contributed by atoms with van der Waals surface area (Å²) in [5.74, 6) is -0.0687. The fraction of sp³-hybridized carbons (Fsp3) is 0.0769. The van der Waals surface area contributed by atoms with E-state index in [1.165, 1.54) is 31.4 Å². The van der Waals surface area contributed by atoms with Gasteiger partial charge in [-0.3, -0.25) is 9.52 Å². The Bertz CT molecular complexity index is 757. The van der Waals surface area contributed by atoms with Gasteiger partial charge in [-0.15, -0.1) is 0 Å². The lowest BCUT2D eigenvalue weighted by Gasteiger charge is -2.09. The van der Waals surface area contributed by atoms with Crippen molar-refractivity contribution in [3.05, 3.63) is 48.2 Å². The Labute approximate surface area is 122 Å². The standard InChI is InChI=1S/C13H14N4O3S/c1-15-13(18)9-3-2-4-10(7-9)17-21(19,20)11-5-6-12(14)16-8-11/h2-8,17H,1H3,(H2,14,16)(H,15,18). The third-order valence-corrected chi connectivity index (χ3v) is 4.04. The van der Waals surface area contributed by atoms with Gasteiger partial charge in [-0.2, -0.15) is 0 Å². The van der Waals surface area contributed by atoms with E-state index in [2.05, 4.69) is 15.0 Å². The molecule has 2 aromatic rings. The number of amides is 1. The Balaban J connectivity index is 2.28. The lowest BCUT2D eigenvalue weighted by atomic mass is 10.2. The molecule has 0 aliphatic carbocycles. The van der Waals surface area contributed by atoms with Gasteiger partial charge in [-0.05, 0) is 30.3 Å². The SMILES string of the molecule is CNC(=O)c1cccc(NS(=O)(=O)c2ccc(N)nc2)c1. The molecule has 1 heterocycles. The van der Waals surface area contributed by atoms with Crippen LogP contribution in [0.4, 0.5) is 11.5 Å². The highest BCUT2D eigenvalue weighted by Crippen LogP contribution is 2.17. The lowest BCUT2D eigenvalue weighted by Crippen LogP contribution is -2.18. The second kappa shape index (κ2) is 5.80. The maximum atomic E-state index is 12.2. The topological polar surface area (TPSA) is 114 Å². The Morgan fingerprint density at radius 3 is 2.62 bits per heavy atom. The smallest absolute Gasteiger partial charge is 0.263 e. The number of pyridine rings is 1. The molecule has 7 nitrogen and oxygen atoms in total. The first-order valence-corrected chi connectivity index (χ1v) is 7.47. The molecule has 0 fully saturated rings. The summed E-state index contributed by atoms with van der Waals surface area (Å²) in [6.45, 7) is 0. The zero-order valence-corrected chi connectivity index (χ0v) is 12.0. The molecule has 0 saturated heterocycles. The molecule has 0 radical (unpaired) electrons. The number of nitrogens with zero attached hydrogens (tertiary/aromatic N) is 1. The third-order valence-electron chi connectivity index (χ3n) is 2.67. The number of nitrogen functional groups attached to an aromatic ring is 1. The Morgan fingerprint density at radius 2 is 2.00 bits per heavy atom. The van der Waals surface area contributed by atoms with E-state index in [0.717, 1.165) is 0 Å². The zero-order valence-electron chi connectivity index (χ0n) is 11.2. The van der Waals surface area contributed by atoms with Gasteiger partial charge in [0.2, 0.25) is 0 Å². The first kappa shape index (κ1) is 14.8. The molecule has 0 spiro atoms. The average Bonchev–Trinajstić information content (AvgIpc) is 2.46. The van der Waals surface area contributed by atoms with Crippen molar-refractivity contribution in [2.24, 2.45) is 0 Å². The number of carbonyl (C=O) groups excluding carboxylic acids is 1. The third kappa shape index (κ3) is 3.48. The van der Waals surface area contributed by atoms with Crippen molar-refractivity contribution in [3.63, 3.8) is 0 Å². The summed E-state index contributed by atoms with van der Waals surface area (Å²) in [6.07, 6.45) is 1.17. The van der Waals surface area contributed by atoms with Gasteiger partial charge < -0.3 is 11.1 Å². The second-order valence-electron chi connectivity index (χ2n) is 4.18. The van der Waals surface area contributed by atoms with Crippen molar-refractivity contribution in [2.45, 2.75) is 4.90 Å². The number of sulfonamides is 1. The van der Waals surface area contributed by atoms with Crippen LogP contribution >= 0.6 is 0 Å². The predicted octanol–water partition coefficient (Wildman–Crippen LogP) is 0.824. The number of hydrogen-bond acceptors (Lipinski definition) is 5. The second-order valence-corrected chi connectivity index (χ2v) is 5.87. The minimum Gasteiger partial charge on any atom is -0.384 e. The van der Waals surface area contributed by atoms with Crippen LogP contribution in [0.15, 0.2) is 47.5 Å². The zero-order chi connectivity index (χ0) is 15.5. The molecule has 0 aliphatic heterocycles. The van der Waals surface area contributed by atoms with Crippen LogP contribution in [-0.4, -0.2) is 26.4 Å². The molecule has 0 saturated carbocycles. The van der Waals surface area contributed by atoms with Crippen molar-refractivity contribution < 1.29 is 13.2 Å². The van der Waals surface area contributed by atoms with Crippen molar-refractivity contribution in [3.8, 4) is 0 Å². The first-order chi connectivity index (χ1) is 9.92. The Kier molecular flexibility index (Phi) is 4.08. The van der Waals surface area contributed by atoms with Crippen LogP contribution in [0.25, 0.3) is 0 Å². The number of nitrogens with two attached hydrogens (primary N) is 1. The molecule has 8 heteroatoms. The van der Waals surface area contributed by atoms with Crippen LogP contribution in [0.5, 0.6) is 0 Å². The van der Waals surface area contributed by atoms with Crippen LogP contribution in [-0.2, 0) is 10.0 Å². The summed E-state index contributed by atoms with van der Waals surface area (Å²) in [6, 6.07) is 8.92. The van der Waals surface area contributed by atoms with Crippen molar-refractivity contribution >= 4 is 27.4 Å². The van der Waals surface area contributed by atoms with Crippen LogP contribution < -0.4 is 15.8 Å². The monoisotopic (exact) mass is 306 g/mol. The number of carbonyl (C=O) groups is 1. The largest absolute Gasteiger partial charge is 0.384 e.